The number of anilines is 2. The number of aromatic amines is 1. The molecular formula is C12H13N5S. The van der Waals surface area contributed by atoms with Crippen molar-refractivity contribution in [3.63, 3.8) is 0 Å². The highest BCUT2D eigenvalue weighted by Gasteiger charge is 2.11. The van der Waals surface area contributed by atoms with Gasteiger partial charge in [-0.3, -0.25) is 0 Å². The number of pyridine rings is 1. The van der Waals surface area contributed by atoms with Crippen LogP contribution in [0.25, 0.3) is 22.6 Å². The van der Waals surface area contributed by atoms with E-state index in [-0.39, 0.29) is 0 Å². The van der Waals surface area contributed by atoms with E-state index in [4.69, 9.17) is 5.73 Å². The van der Waals surface area contributed by atoms with Crippen LogP contribution in [0.3, 0.4) is 0 Å². The first kappa shape index (κ1) is 11.0. The van der Waals surface area contributed by atoms with Gasteiger partial charge in [-0.2, -0.15) is 0 Å². The van der Waals surface area contributed by atoms with Crippen LogP contribution >= 0.6 is 11.3 Å². The van der Waals surface area contributed by atoms with Gasteiger partial charge in [0.1, 0.15) is 11.6 Å². The van der Waals surface area contributed by atoms with Gasteiger partial charge in [-0.25, -0.2) is 9.97 Å². The normalized spacial score (nSPS) is 11.0. The van der Waals surface area contributed by atoms with Crippen molar-refractivity contribution in [2.75, 3.05) is 18.1 Å². The van der Waals surface area contributed by atoms with E-state index in [1.54, 1.807) is 11.3 Å². The summed E-state index contributed by atoms with van der Waals surface area (Å²) < 4.78 is 0. The van der Waals surface area contributed by atoms with Gasteiger partial charge < -0.3 is 16.0 Å². The maximum atomic E-state index is 5.98. The second-order valence-electron chi connectivity index (χ2n) is 4.04. The highest BCUT2D eigenvalue weighted by molar-refractivity contribution is 7.16. The lowest BCUT2D eigenvalue weighted by Crippen LogP contribution is -1.91. The smallest absolute Gasteiger partial charge is 0.180 e. The number of nitrogens with two attached hydrogens (primary N) is 1. The number of nitrogens with zero attached hydrogens (tertiary/aromatic N) is 2. The third kappa shape index (κ3) is 1.70. The van der Waals surface area contributed by atoms with E-state index in [1.807, 2.05) is 32.2 Å². The van der Waals surface area contributed by atoms with Crippen molar-refractivity contribution >= 4 is 33.3 Å². The number of H-pyrrole nitrogens is 1. The number of imidazole rings is 1. The third-order valence-electron chi connectivity index (χ3n) is 2.74. The second kappa shape index (κ2) is 3.99. The van der Waals surface area contributed by atoms with Crippen LogP contribution in [0, 0.1) is 6.92 Å². The molecule has 0 atom stereocenters. The molecule has 0 radical (unpaired) electrons. The Morgan fingerprint density at radius 3 is 2.83 bits per heavy atom. The highest BCUT2D eigenvalue weighted by Crippen LogP contribution is 2.32. The first-order chi connectivity index (χ1) is 8.67. The summed E-state index contributed by atoms with van der Waals surface area (Å²) in [4.78, 5) is 13.3. The van der Waals surface area contributed by atoms with Crippen LogP contribution in [-0.4, -0.2) is 22.0 Å². The molecule has 3 aromatic heterocycles. The van der Waals surface area contributed by atoms with E-state index >= 15 is 0 Å². The molecule has 0 saturated heterocycles. The first-order valence-corrected chi connectivity index (χ1v) is 6.40. The summed E-state index contributed by atoms with van der Waals surface area (Å²) in [5, 5.41) is 3.77. The van der Waals surface area contributed by atoms with Crippen molar-refractivity contribution in [2.24, 2.45) is 0 Å². The van der Waals surface area contributed by atoms with Gasteiger partial charge in [0.2, 0.25) is 0 Å². The van der Waals surface area contributed by atoms with E-state index in [0.717, 1.165) is 27.7 Å². The summed E-state index contributed by atoms with van der Waals surface area (Å²) in [5.74, 6) is 1.57. The van der Waals surface area contributed by atoms with Crippen LogP contribution in [0.1, 0.15) is 4.88 Å². The Hall–Kier alpha value is -2.08. The molecule has 6 heteroatoms. The van der Waals surface area contributed by atoms with Crippen molar-refractivity contribution in [2.45, 2.75) is 6.92 Å². The fourth-order valence-corrected chi connectivity index (χ4v) is 2.67. The predicted molar refractivity (Wildman–Crippen MR) is 75.9 cm³/mol. The Morgan fingerprint density at radius 1 is 1.33 bits per heavy atom. The van der Waals surface area contributed by atoms with Crippen LogP contribution in [0.4, 0.5) is 10.8 Å². The van der Waals surface area contributed by atoms with Gasteiger partial charge in [0.25, 0.3) is 0 Å². The molecule has 0 aromatic carbocycles. The average molecular weight is 259 g/mol. The molecule has 4 N–H and O–H groups in total. The number of nitrogen functional groups attached to an aromatic ring is 1. The average Bonchev–Trinajstić information content (AvgIpc) is 2.90. The van der Waals surface area contributed by atoms with Gasteiger partial charge in [0.05, 0.1) is 16.1 Å². The zero-order chi connectivity index (χ0) is 12.7. The number of fused-ring (bicyclic) bond motifs is 1. The van der Waals surface area contributed by atoms with Crippen LogP contribution in [0.15, 0.2) is 18.2 Å². The van der Waals surface area contributed by atoms with Gasteiger partial charge in [0, 0.05) is 11.9 Å². The van der Waals surface area contributed by atoms with Gasteiger partial charge in [-0.15, -0.1) is 11.3 Å². The summed E-state index contributed by atoms with van der Waals surface area (Å²) in [6.45, 7) is 2.03. The highest BCUT2D eigenvalue weighted by atomic mass is 32.1. The molecule has 92 valence electrons. The van der Waals surface area contributed by atoms with Crippen LogP contribution in [0.5, 0.6) is 0 Å². The molecule has 0 aliphatic carbocycles. The van der Waals surface area contributed by atoms with E-state index in [0.29, 0.717) is 5.65 Å². The number of nitrogens with one attached hydrogen (secondary N) is 2. The molecule has 3 aromatic rings. The molecule has 0 aliphatic rings. The number of hydrogen-bond donors (Lipinski definition) is 3. The summed E-state index contributed by atoms with van der Waals surface area (Å²) >= 11 is 1.57. The third-order valence-corrected chi connectivity index (χ3v) is 3.62. The predicted octanol–water partition coefficient (Wildman–Crippen LogP) is 2.62. The fraction of sp³-hybridized carbons (Fsp3) is 0.167. The summed E-state index contributed by atoms with van der Waals surface area (Å²) in [6.07, 6.45) is 0. The Balaban J connectivity index is 2.16. The van der Waals surface area contributed by atoms with Crippen LogP contribution in [0.2, 0.25) is 0 Å². The summed E-state index contributed by atoms with van der Waals surface area (Å²) in [5.41, 5.74) is 8.53. The Kier molecular flexibility index (Phi) is 2.45. The topological polar surface area (TPSA) is 79.6 Å². The van der Waals surface area contributed by atoms with E-state index in [1.165, 1.54) is 4.88 Å². The molecular weight excluding hydrogens is 246 g/mol. The van der Waals surface area contributed by atoms with Crippen molar-refractivity contribution in [1.82, 2.24) is 15.0 Å². The van der Waals surface area contributed by atoms with Crippen LogP contribution < -0.4 is 11.1 Å². The number of aryl methyl sites for hydroxylation is 1. The molecule has 0 fully saturated rings. The molecule has 0 amide bonds. The zero-order valence-electron chi connectivity index (χ0n) is 10.1. The minimum Gasteiger partial charge on any atom is -0.390 e. The minimum absolute atomic E-state index is 0.695. The Morgan fingerprint density at radius 2 is 2.17 bits per heavy atom. The molecule has 5 nitrogen and oxygen atoms in total. The molecule has 0 aliphatic heterocycles. The number of aromatic nitrogens is 3. The SMILES string of the molecule is CNc1ccc2[nH]c(-c3cc(C)sc3N)nc2n1. The van der Waals surface area contributed by atoms with Crippen LogP contribution in [-0.2, 0) is 0 Å². The number of rotatable bonds is 2. The van der Waals surface area contributed by atoms with Gasteiger partial charge in [-0.05, 0) is 25.1 Å². The summed E-state index contributed by atoms with van der Waals surface area (Å²) in [6, 6.07) is 5.91. The lowest BCUT2D eigenvalue weighted by molar-refractivity contribution is 1.29. The molecule has 3 rings (SSSR count). The van der Waals surface area contributed by atoms with Gasteiger partial charge in [-0.1, -0.05) is 0 Å². The molecule has 0 unspecified atom stereocenters. The Labute approximate surface area is 108 Å². The van der Waals surface area contributed by atoms with Crippen molar-refractivity contribution < 1.29 is 0 Å². The molecule has 0 saturated carbocycles. The maximum absolute atomic E-state index is 5.98. The largest absolute Gasteiger partial charge is 0.390 e. The second-order valence-corrected chi connectivity index (χ2v) is 5.33. The lowest BCUT2D eigenvalue weighted by atomic mass is 10.3. The molecule has 18 heavy (non-hydrogen) atoms. The number of hydrogen-bond acceptors (Lipinski definition) is 5. The van der Waals surface area contributed by atoms with E-state index < -0.39 is 0 Å². The van der Waals surface area contributed by atoms with E-state index in [2.05, 4.69) is 20.3 Å². The lowest BCUT2D eigenvalue weighted by Gasteiger charge is -1.95. The Bertz CT molecular complexity index is 712. The zero-order valence-corrected chi connectivity index (χ0v) is 10.9. The summed E-state index contributed by atoms with van der Waals surface area (Å²) in [7, 11) is 1.84. The molecule has 3 heterocycles. The minimum atomic E-state index is 0.695. The quantitative estimate of drug-likeness (QED) is 0.661. The van der Waals surface area contributed by atoms with Crippen molar-refractivity contribution in [1.29, 1.82) is 0 Å². The van der Waals surface area contributed by atoms with Crippen molar-refractivity contribution in [3.8, 4) is 11.4 Å². The number of thiophene rings is 1. The maximum Gasteiger partial charge on any atom is 0.180 e. The molecule has 0 spiro atoms. The van der Waals surface area contributed by atoms with Crippen molar-refractivity contribution in [3.05, 3.63) is 23.1 Å². The fourth-order valence-electron chi connectivity index (χ4n) is 1.88. The standard InChI is InChI=1S/C12H13N5S/c1-6-5-7(10(13)18-6)11-15-8-3-4-9(14-2)16-12(8)17-11/h3-5H,13H2,1-2H3,(H2,14,15,16,17). The monoisotopic (exact) mass is 259 g/mol. The van der Waals surface area contributed by atoms with Gasteiger partial charge in [0.15, 0.2) is 5.65 Å². The first-order valence-electron chi connectivity index (χ1n) is 5.58. The molecule has 0 bridgehead atoms. The van der Waals surface area contributed by atoms with Gasteiger partial charge >= 0.3 is 0 Å². The van der Waals surface area contributed by atoms with E-state index in [9.17, 15) is 0 Å².